The van der Waals surface area contributed by atoms with E-state index in [9.17, 15) is 4.79 Å². The van der Waals surface area contributed by atoms with Crippen LogP contribution in [0.4, 0.5) is 0 Å². The monoisotopic (exact) mass is 399 g/mol. The van der Waals surface area contributed by atoms with E-state index in [1.165, 1.54) is 0 Å². The van der Waals surface area contributed by atoms with E-state index < -0.39 is 0 Å². The Morgan fingerprint density at radius 1 is 1.07 bits per heavy atom. The van der Waals surface area contributed by atoms with Crippen molar-refractivity contribution in [2.45, 2.75) is 13.8 Å². The molecule has 0 atom stereocenters. The number of aromatic nitrogens is 3. The molecule has 2 N–H and O–H groups in total. The second-order valence-electron chi connectivity index (χ2n) is 7.40. The van der Waals surface area contributed by atoms with Crippen molar-refractivity contribution in [3.8, 4) is 17.1 Å². The smallest absolute Gasteiger partial charge is 0.293 e. The molecule has 0 radical (unpaired) electrons. The lowest BCUT2D eigenvalue weighted by Gasteiger charge is -2.28. The number of nitrogens with two attached hydrogens (primary N) is 1. The highest BCUT2D eigenvalue weighted by Crippen LogP contribution is 2.22. The zero-order valence-corrected chi connectivity index (χ0v) is 17.2. The molecule has 0 bridgehead atoms. The summed E-state index contributed by atoms with van der Waals surface area (Å²) in [6.07, 6.45) is 0. The first kappa shape index (κ1) is 21.6. The fourth-order valence-electron chi connectivity index (χ4n) is 2.88. The summed E-state index contributed by atoms with van der Waals surface area (Å²) in [7, 11) is 1.76. The number of halogens is 1. The summed E-state index contributed by atoms with van der Waals surface area (Å²) in [5.74, 6) is 0.591. The minimum atomic E-state index is -0.219. The molecule has 148 valence electrons. The van der Waals surface area contributed by atoms with Crippen molar-refractivity contribution in [2.24, 2.45) is 11.1 Å². The largest absolute Gasteiger partial charge is 0.338 e. The molecule has 6 nitrogen and oxygen atoms in total. The molecule has 0 aliphatic carbocycles. The molecule has 28 heavy (non-hydrogen) atoms. The third-order valence-corrected chi connectivity index (χ3v) is 4.40. The van der Waals surface area contributed by atoms with E-state index in [0.29, 0.717) is 18.9 Å². The molecule has 0 fully saturated rings. The van der Waals surface area contributed by atoms with E-state index >= 15 is 0 Å². The Kier molecular flexibility index (Phi) is 6.94. The highest BCUT2D eigenvalue weighted by Gasteiger charge is 2.25. The van der Waals surface area contributed by atoms with Crippen LogP contribution >= 0.6 is 12.4 Å². The summed E-state index contributed by atoms with van der Waals surface area (Å²) in [4.78, 5) is 19.1. The van der Waals surface area contributed by atoms with Crippen LogP contribution in [0.3, 0.4) is 0 Å². The van der Waals surface area contributed by atoms with Crippen molar-refractivity contribution in [1.29, 1.82) is 0 Å². The molecule has 0 saturated heterocycles. The van der Waals surface area contributed by atoms with E-state index in [1.54, 1.807) is 16.6 Å². The van der Waals surface area contributed by atoms with Crippen LogP contribution in [-0.4, -0.2) is 45.7 Å². The first-order chi connectivity index (χ1) is 12.9. The Labute approximate surface area is 171 Å². The fourth-order valence-corrected chi connectivity index (χ4v) is 2.88. The summed E-state index contributed by atoms with van der Waals surface area (Å²) in [5.41, 5.74) is 7.38. The first-order valence-corrected chi connectivity index (χ1v) is 8.95. The highest BCUT2D eigenvalue weighted by molar-refractivity contribution is 5.91. The van der Waals surface area contributed by atoms with E-state index in [1.807, 2.05) is 74.5 Å². The van der Waals surface area contributed by atoms with Gasteiger partial charge in [-0.15, -0.1) is 17.5 Å². The van der Waals surface area contributed by atoms with Crippen LogP contribution in [0.5, 0.6) is 0 Å². The molecule has 7 heteroatoms. The lowest BCUT2D eigenvalue weighted by Crippen LogP contribution is -2.40. The van der Waals surface area contributed by atoms with E-state index in [-0.39, 0.29) is 29.6 Å². The number of carbonyl (C=O) groups excluding carboxylic acids is 1. The third-order valence-electron chi connectivity index (χ3n) is 4.40. The Balaban J connectivity index is 0.00000280. The summed E-state index contributed by atoms with van der Waals surface area (Å²) in [6, 6.07) is 19.4. The van der Waals surface area contributed by atoms with Crippen molar-refractivity contribution in [1.82, 2.24) is 19.7 Å². The summed E-state index contributed by atoms with van der Waals surface area (Å²) in [5, 5.41) is 4.52. The second-order valence-corrected chi connectivity index (χ2v) is 7.40. The average molecular weight is 400 g/mol. The van der Waals surface area contributed by atoms with Gasteiger partial charge in [0.05, 0.1) is 5.69 Å². The molecule has 0 aliphatic rings. The van der Waals surface area contributed by atoms with Crippen LogP contribution in [0.15, 0.2) is 60.7 Å². The van der Waals surface area contributed by atoms with Gasteiger partial charge in [0, 0.05) is 19.2 Å². The van der Waals surface area contributed by atoms with E-state index in [0.717, 1.165) is 11.3 Å². The van der Waals surface area contributed by atoms with E-state index in [2.05, 4.69) is 10.1 Å². The zero-order chi connectivity index (χ0) is 19.4. The predicted octanol–water partition coefficient (Wildman–Crippen LogP) is 3.41. The minimum Gasteiger partial charge on any atom is -0.338 e. The number of carbonyl (C=O) groups is 1. The molecular formula is C21H26ClN5O. The zero-order valence-electron chi connectivity index (χ0n) is 16.4. The number of hydrogen-bond donors (Lipinski definition) is 1. The lowest BCUT2D eigenvalue weighted by atomic mass is 9.93. The number of nitrogens with zero attached hydrogens (tertiary/aromatic N) is 4. The lowest BCUT2D eigenvalue weighted by molar-refractivity contribution is 0.0728. The molecule has 0 unspecified atom stereocenters. The van der Waals surface area contributed by atoms with Gasteiger partial charge < -0.3 is 10.6 Å². The van der Waals surface area contributed by atoms with Crippen LogP contribution in [0.1, 0.15) is 24.5 Å². The third kappa shape index (κ3) is 4.77. The van der Waals surface area contributed by atoms with Crippen LogP contribution in [-0.2, 0) is 0 Å². The second kappa shape index (κ2) is 8.99. The van der Waals surface area contributed by atoms with Crippen LogP contribution < -0.4 is 5.73 Å². The molecule has 0 spiro atoms. The number of rotatable bonds is 6. The maximum atomic E-state index is 12.9. The molecule has 2 aromatic carbocycles. The van der Waals surface area contributed by atoms with Gasteiger partial charge in [-0.1, -0.05) is 62.4 Å². The Hall–Kier alpha value is -2.70. The SMILES string of the molecule is CN(CC(C)(C)CN)C(=O)c1nc(-c2ccccc2)n(-c2ccccc2)n1.Cl. The number of hydrogen-bond acceptors (Lipinski definition) is 4. The quantitative estimate of drug-likeness (QED) is 0.689. The summed E-state index contributed by atoms with van der Waals surface area (Å²) < 4.78 is 1.71. The van der Waals surface area contributed by atoms with Gasteiger partial charge in [-0.05, 0) is 24.1 Å². The molecule has 3 aromatic rings. The van der Waals surface area contributed by atoms with Crippen molar-refractivity contribution in [3.63, 3.8) is 0 Å². The molecule has 0 saturated carbocycles. The first-order valence-electron chi connectivity index (χ1n) is 8.95. The Morgan fingerprint density at radius 2 is 1.64 bits per heavy atom. The van der Waals surface area contributed by atoms with Crippen molar-refractivity contribution in [2.75, 3.05) is 20.1 Å². The van der Waals surface area contributed by atoms with Gasteiger partial charge in [0.1, 0.15) is 0 Å². The summed E-state index contributed by atoms with van der Waals surface area (Å²) in [6.45, 7) is 5.08. The van der Waals surface area contributed by atoms with Crippen LogP contribution in [0.25, 0.3) is 17.1 Å². The molecule has 3 rings (SSSR count). The Bertz CT molecular complexity index is 852. The van der Waals surface area contributed by atoms with Crippen LogP contribution in [0.2, 0.25) is 0 Å². The topological polar surface area (TPSA) is 77.0 Å². The Morgan fingerprint density at radius 3 is 2.21 bits per heavy atom. The van der Waals surface area contributed by atoms with Gasteiger partial charge >= 0.3 is 0 Å². The van der Waals surface area contributed by atoms with Crippen LogP contribution in [0, 0.1) is 5.41 Å². The van der Waals surface area contributed by atoms with Gasteiger partial charge in [-0.2, -0.15) is 0 Å². The average Bonchev–Trinajstić information content (AvgIpc) is 3.14. The summed E-state index contributed by atoms with van der Waals surface area (Å²) >= 11 is 0. The molecule has 1 heterocycles. The molecule has 0 aliphatic heterocycles. The maximum absolute atomic E-state index is 12.9. The minimum absolute atomic E-state index is 0. The fraction of sp³-hybridized carbons (Fsp3) is 0.286. The van der Waals surface area contributed by atoms with Gasteiger partial charge in [0.15, 0.2) is 5.82 Å². The molecule has 1 aromatic heterocycles. The predicted molar refractivity (Wildman–Crippen MR) is 114 cm³/mol. The molecule has 1 amide bonds. The van der Waals surface area contributed by atoms with Gasteiger partial charge in [0.25, 0.3) is 5.91 Å². The number of amides is 1. The van der Waals surface area contributed by atoms with Gasteiger partial charge in [0.2, 0.25) is 5.82 Å². The maximum Gasteiger partial charge on any atom is 0.293 e. The highest BCUT2D eigenvalue weighted by atomic mass is 35.5. The van der Waals surface area contributed by atoms with Crippen molar-refractivity contribution in [3.05, 3.63) is 66.5 Å². The van der Waals surface area contributed by atoms with Gasteiger partial charge in [-0.3, -0.25) is 4.79 Å². The van der Waals surface area contributed by atoms with Crippen molar-refractivity contribution < 1.29 is 4.79 Å². The number of benzene rings is 2. The van der Waals surface area contributed by atoms with Gasteiger partial charge in [-0.25, -0.2) is 9.67 Å². The standard InChI is InChI=1S/C21H25N5O.ClH/c1-21(2,14-22)15-25(3)20(27)18-23-19(16-10-6-4-7-11-16)26(24-18)17-12-8-5-9-13-17;/h4-13H,14-15,22H2,1-3H3;1H. The van der Waals surface area contributed by atoms with Crippen molar-refractivity contribution >= 4 is 18.3 Å². The number of para-hydroxylation sites is 1. The normalized spacial score (nSPS) is 11.0. The van der Waals surface area contributed by atoms with E-state index in [4.69, 9.17) is 5.73 Å². The molecular weight excluding hydrogens is 374 g/mol.